The highest BCUT2D eigenvalue weighted by Gasteiger charge is 2.29. The molecule has 0 atom stereocenters. The van der Waals surface area contributed by atoms with E-state index in [-0.39, 0.29) is 53.7 Å². The highest BCUT2D eigenvalue weighted by atomic mass is 79.9. The smallest absolute Gasteiger partial charge is 0.217 e. The summed E-state index contributed by atoms with van der Waals surface area (Å²) >= 11 is 0. The molecule has 2 aromatic carbocycles. The number of carbonyl (C=O) groups excluding carboxylic acids is 2. The topological polar surface area (TPSA) is 115 Å². The number of amidine groups is 1. The molecule has 35 heavy (non-hydrogen) atoms. The average molecular weight is 548 g/mol. The van der Waals surface area contributed by atoms with Crippen LogP contribution in [0.3, 0.4) is 0 Å². The van der Waals surface area contributed by atoms with Crippen molar-refractivity contribution in [1.82, 2.24) is 4.90 Å². The molecule has 1 heterocycles. The molecule has 0 fully saturated rings. The number of methoxy groups -OCH3 is 2. The first-order valence-corrected chi connectivity index (χ1v) is 11.2. The molecule has 9 heteroatoms. The van der Waals surface area contributed by atoms with Gasteiger partial charge in [-0.15, -0.1) is 17.0 Å². The third-order valence-corrected chi connectivity index (χ3v) is 5.79. The summed E-state index contributed by atoms with van der Waals surface area (Å²) in [6.45, 7) is 6.92. The third kappa shape index (κ3) is 6.54. The van der Waals surface area contributed by atoms with Gasteiger partial charge in [0.25, 0.3) is 0 Å². The summed E-state index contributed by atoms with van der Waals surface area (Å²) in [4.78, 5) is 26.1. The van der Waals surface area contributed by atoms with E-state index in [9.17, 15) is 9.59 Å². The minimum atomic E-state index is -0.387. The van der Waals surface area contributed by atoms with Gasteiger partial charge in [0.05, 0.1) is 27.4 Å². The van der Waals surface area contributed by atoms with Crippen LogP contribution in [0.15, 0.2) is 30.3 Å². The number of amides is 1. The Morgan fingerprint density at radius 1 is 1.11 bits per heavy atom. The van der Waals surface area contributed by atoms with Crippen LogP contribution < -0.4 is 19.9 Å². The lowest BCUT2D eigenvalue weighted by molar-refractivity contribution is -0.118. The van der Waals surface area contributed by atoms with E-state index in [2.05, 4.69) is 0 Å². The van der Waals surface area contributed by atoms with Crippen LogP contribution in [0.1, 0.15) is 60.7 Å². The van der Waals surface area contributed by atoms with Crippen LogP contribution in [-0.2, 0) is 16.8 Å². The van der Waals surface area contributed by atoms with Crippen molar-refractivity contribution in [2.75, 3.05) is 27.4 Å². The largest absolute Gasteiger partial charge is 0.497 e. The van der Waals surface area contributed by atoms with E-state index in [4.69, 9.17) is 25.4 Å². The summed E-state index contributed by atoms with van der Waals surface area (Å²) in [6, 6.07) is 9.09. The molecule has 0 aromatic heterocycles. The summed E-state index contributed by atoms with van der Waals surface area (Å²) in [6.07, 6.45) is 0.684. The highest BCUT2D eigenvalue weighted by molar-refractivity contribution is 8.93. The van der Waals surface area contributed by atoms with Gasteiger partial charge < -0.3 is 24.8 Å². The highest BCUT2D eigenvalue weighted by Crippen LogP contribution is 2.40. The van der Waals surface area contributed by atoms with Gasteiger partial charge in [-0.25, -0.2) is 0 Å². The zero-order valence-electron chi connectivity index (χ0n) is 20.9. The van der Waals surface area contributed by atoms with Crippen molar-refractivity contribution in [2.24, 2.45) is 5.73 Å². The summed E-state index contributed by atoms with van der Waals surface area (Å²) in [5, 5.41) is 8.52. The molecule has 8 nitrogen and oxygen atoms in total. The van der Waals surface area contributed by atoms with E-state index >= 15 is 0 Å². The molecule has 0 radical (unpaired) electrons. The second-order valence-corrected chi connectivity index (χ2v) is 9.37. The van der Waals surface area contributed by atoms with Gasteiger partial charge in [0, 0.05) is 29.7 Å². The van der Waals surface area contributed by atoms with Crippen molar-refractivity contribution < 1.29 is 23.8 Å². The number of fused-ring (bicyclic) bond motifs is 1. The fraction of sp³-hybridized carbons (Fsp3) is 0.423. The number of benzene rings is 2. The first-order valence-electron chi connectivity index (χ1n) is 11.2. The first kappa shape index (κ1) is 28.2. The molecular formula is C26H34BrN3O5. The molecule has 190 valence electrons. The van der Waals surface area contributed by atoms with Gasteiger partial charge >= 0.3 is 0 Å². The number of rotatable bonds is 10. The number of hydrogen-bond donors (Lipinski definition) is 2. The van der Waals surface area contributed by atoms with Crippen molar-refractivity contribution in [1.29, 1.82) is 5.41 Å². The zero-order chi connectivity index (χ0) is 25.0. The maximum atomic E-state index is 13.4. The molecule has 0 aliphatic carbocycles. The summed E-state index contributed by atoms with van der Waals surface area (Å²) in [5.74, 6) is 1.55. The van der Waals surface area contributed by atoms with E-state index in [0.717, 1.165) is 22.4 Å². The molecule has 1 aliphatic rings. The van der Waals surface area contributed by atoms with Crippen molar-refractivity contribution in [3.8, 4) is 17.2 Å². The maximum Gasteiger partial charge on any atom is 0.217 e. The van der Waals surface area contributed by atoms with Crippen molar-refractivity contribution in [2.45, 2.75) is 45.6 Å². The predicted octanol–water partition coefficient (Wildman–Crippen LogP) is 4.25. The van der Waals surface area contributed by atoms with Crippen LogP contribution in [0.5, 0.6) is 17.2 Å². The van der Waals surface area contributed by atoms with Crippen LogP contribution in [0.2, 0.25) is 0 Å². The van der Waals surface area contributed by atoms with Crippen LogP contribution >= 0.6 is 17.0 Å². The predicted molar refractivity (Wildman–Crippen MR) is 141 cm³/mol. The number of nitrogens with zero attached hydrogens (tertiary/aromatic N) is 1. The Hall–Kier alpha value is -3.07. The van der Waals surface area contributed by atoms with Crippen molar-refractivity contribution in [3.63, 3.8) is 0 Å². The molecule has 0 spiro atoms. The Morgan fingerprint density at radius 2 is 1.83 bits per heavy atom. The second-order valence-electron chi connectivity index (χ2n) is 9.37. The monoisotopic (exact) mass is 547 g/mol. The fourth-order valence-electron chi connectivity index (χ4n) is 3.98. The van der Waals surface area contributed by atoms with Gasteiger partial charge in [-0.1, -0.05) is 20.8 Å². The Balaban J connectivity index is 0.00000432. The number of Topliss-reactive ketones (excluding diaryl/α,β-unsaturated/α-hetero) is 1. The van der Waals surface area contributed by atoms with Crippen molar-refractivity contribution in [3.05, 3.63) is 52.6 Å². The molecule has 0 saturated heterocycles. The van der Waals surface area contributed by atoms with E-state index in [1.54, 1.807) is 25.2 Å². The lowest BCUT2D eigenvalue weighted by atomic mass is 9.84. The number of primary amides is 1. The lowest BCUT2D eigenvalue weighted by Crippen LogP contribution is -2.30. The molecule has 1 aliphatic heterocycles. The van der Waals surface area contributed by atoms with Gasteiger partial charge in [-0.2, -0.15) is 0 Å². The van der Waals surface area contributed by atoms with E-state index in [0.29, 0.717) is 35.9 Å². The quantitative estimate of drug-likeness (QED) is 0.339. The molecule has 2 aromatic rings. The lowest BCUT2D eigenvalue weighted by Gasteiger charge is -2.25. The van der Waals surface area contributed by atoms with Gasteiger partial charge in [0.1, 0.15) is 11.6 Å². The van der Waals surface area contributed by atoms with Crippen LogP contribution in [-0.4, -0.2) is 49.8 Å². The van der Waals surface area contributed by atoms with Gasteiger partial charge in [0.15, 0.2) is 17.3 Å². The molecule has 3 N–H and O–H groups in total. The normalized spacial score (nSPS) is 12.6. The second kappa shape index (κ2) is 11.6. The Kier molecular flexibility index (Phi) is 9.31. The van der Waals surface area contributed by atoms with Gasteiger partial charge in [-0.3, -0.25) is 15.0 Å². The van der Waals surface area contributed by atoms with Crippen molar-refractivity contribution >= 4 is 34.5 Å². The Labute approximate surface area is 217 Å². The first-order chi connectivity index (χ1) is 16.0. The molecular weight excluding hydrogens is 514 g/mol. The number of halogens is 1. The number of nitrogens with two attached hydrogens (primary N) is 1. The maximum absolute atomic E-state index is 13.4. The third-order valence-electron chi connectivity index (χ3n) is 5.79. The number of nitrogens with one attached hydrogen (secondary N) is 1. The Bertz CT molecular complexity index is 1110. The number of hydrogen-bond acceptors (Lipinski definition) is 6. The van der Waals surface area contributed by atoms with E-state index in [1.165, 1.54) is 0 Å². The average Bonchev–Trinajstić information content (AvgIpc) is 3.09. The van der Waals surface area contributed by atoms with Crippen LogP contribution in [0, 0.1) is 5.41 Å². The van der Waals surface area contributed by atoms with Gasteiger partial charge in [-0.05, 0) is 47.7 Å². The van der Waals surface area contributed by atoms with Gasteiger partial charge in [0.2, 0.25) is 5.91 Å². The zero-order valence-corrected chi connectivity index (χ0v) is 22.6. The van der Waals surface area contributed by atoms with Crippen LogP contribution in [0.4, 0.5) is 0 Å². The number of ketones is 1. The minimum Gasteiger partial charge on any atom is -0.497 e. The molecule has 1 amide bonds. The molecule has 0 bridgehead atoms. The van der Waals surface area contributed by atoms with Crippen LogP contribution in [0.25, 0.3) is 0 Å². The van der Waals surface area contributed by atoms with E-state index in [1.807, 2.05) is 45.0 Å². The summed E-state index contributed by atoms with van der Waals surface area (Å²) in [7, 11) is 3.17. The minimum absolute atomic E-state index is 0. The number of ether oxygens (including phenoxy) is 3. The SMILES string of the molecule is Br.COc1ccc2c(c1)CN(CC(=O)c1cc(OCCCC(N)=O)c(OC)c(C(C)(C)C)c1)C2=N. The van der Waals surface area contributed by atoms with E-state index < -0.39 is 0 Å². The Morgan fingerprint density at radius 3 is 2.43 bits per heavy atom. The summed E-state index contributed by atoms with van der Waals surface area (Å²) in [5.41, 5.74) is 8.00. The summed E-state index contributed by atoms with van der Waals surface area (Å²) < 4.78 is 16.9. The molecule has 0 saturated carbocycles. The fourth-order valence-corrected chi connectivity index (χ4v) is 3.98. The number of carbonyl (C=O) groups is 2. The standard InChI is InChI=1S/C26H33N3O5.BrH/c1-26(2,3)20-12-16(13-22(24(20)33-5)34-10-6-7-23(27)31)21(30)15-29-14-17-11-18(32-4)8-9-19(17)25(29)28;/h8-9,11-13,28H,6-7,10,14-15H2,1-5H3,(H2,27,31);1H. The molecule has 0 unspecified atom stereocenters. The molecule has 3 rings (SSSR count).